The summed E-state index contributed by atoms with van der Waals surface area (Å²) in [5.74, 6) is 19.5. The van der Waals surface area contributed by atoms with E-state index in [-0.39, 0.29) is 0 Å². The van der Waals surface area contributed by atoms with Crippen LogP contribution >= 0.6 is 0 Å². The molecule has 0 aliphatic heterocycles. The zero-order valence-corrected chi connectivity index (χ0v) is 18.4. The smallest absolute Gasteiger partial charge is 0.144 e. The summed E-state index contributed by atoms with van der Waals surface area (Å²) in [6.07, 6.45) is -0.401. The lowest BCUT2D eigenvalue weighted by Gasteiger charge is -2.11. The zero-order chi connectivity index (χ0) is 22.7. The van der Waals surface area contributed by atoms with Gasteiger partial charge in [0.1, 0.15) is 6.10 Å². The summed E-state index contributed by atoms with van der Waals surface area (Å²) >= 11 is 0. The molecule has 4 rings (SSSR count). The Morgan fingerprint density at radius 2 is 0.939 bits per heavy atom. The summed E-state index contributed by atoms with van der Waals surface area (Å²) in [7, 11) is 1.67. The third-order valence-electron chi connectivity index (χ3n) is 4.97. The van der Waals surface area contributed by atoms with Crippen LogP contribution in [-0.2, 0) is 4.74 Å². The Labute approximate surface area is 196 Å². The van der Waals surface area contributed by atoms with E-state index in [1.807, 2.05) is 109 Å². The van der Waals surface area contributed by atoms with Gasteiger partial charge in [-0.15, -0.1) is 0 Å². The third-order valence-corrected chi connectivity index (χ3v) is 4.97. The van der Waals surface area contributed by atoms with E-state index >= 15 is 0 Å². The Morgan fingerprint density at radius 1 is 0.485 bits per heavy atom. The fourth-order valence-electron chi connectivity index (χ4n) is 3.27. The molecule has 0 saturated carbocycles. The summed E-state index contributed by atoms with van der Waals surface area (Å²) in [4.78, 5) is 0. The third kappa shape index (κ3) is 6.03. The lowest BCUT2D eigenvalue weighted by molar-refractivity contribution is 0.150. The molecule has 0 radical (unpaired) electrons. The maximum absolute atomic E-state index is 5.74. The van der Waals surface area contributed by atoms with Crippen LogP contribution in [0.4, 0.5) is 0 Å². The first-order valence-corrected chi connectivity index (χ1v) is 10.7. The fourth-order valence-corrected chi connectivity index (χ4v) is 3.27. The molecule has 0 saturated heterocycles. The van der Waals surface area contributed by atoms with Crippen LogP contribution in [0.2, 0.25) is 0 Å². The van der Waals surface area contributed by atoms with Gasteiger partial charge in [0.25, 0.3) is 0 Å². The number of hydrogen-bond donors (Lipinski definition) is 0. The minimum absolute atomic E-state index is 0.401. The van der Waals surface area contributed by atoms with Gasteiger partial charge in [-0.2, -0.15) is 0 Å². The van der Waals surface area contributed by atoms with Crippen molar-refractivity contribution >= 4 is 0 Å². The van der Waals surface area contributed by atoms with Crippen LogP contribution in [0.25, 0.3) is 0 Å². The first-order chi connectivity index (χ1) is 16.3. The standard InChI is InChI=1S/C32H22O/c1-33-32(31-19-11-10-18-30(31)23-21-27-14-6-3-7-15-27)25-24-29-17-9-8-16-28(29)22-20-26-12-4-2-5-13-26/h2-19,32H,1H3. The van der Waals surface area contributed by atoms with Gasteiger partial charge in [-0.1, -0.05) is 102 Å². The van der Waals surface area contributed by atoms with E-state index in [1.165, 1.54) is 0 Å². The van der Waals surface area contributed by atoms with Crippen molar-refractivity contribution in [1.29, 1.82) is 0 Å². The van der Waals surface area contributed by atoms with Crippen LogP contribution in [0.15, 0.2) is 109 Å². The van der Waals surface area contributed by atoms with Gasteiger partial charge >= 0.3 is 0 Å². The highest BCUT2D eigenvalue weighted by atomic mass is 16.5. The highest BCUT2D eigenvalue weighted by Crippen LogP contribution is 2.20. The molecule has 1 nitrogen and oxygen atoms in total. The number of ether oxygens (including phenoxy) is 1. The summed E-state index contributed by atoms with van der Waals surface area (Å²) < 4.78 is 5.74. The predicted molar refractivity (Wildman–Crippen MR) is 134 cm³/mol. The first kappa shape index (κ1) is 21.7. The van der Waals surface area contributed by atoms with Gasteiger partial charge in [0.05, 0.1) is 0 Å². The van der Waals surface area contributed by atoms with E-state index in [0.717, 1.165) is 33.4 Å². The molecule has 0 N–H and O–H groups in total. The molecule has 0 aliphatic carbocycles. The Hall–Kier alpha value is -4.48. The summed E-state index contributed by atoms with van der Waals surface area (Å²) in [5.41, 5.74) is 5.55. The molecule has 0 bridgehead atoms. The van der Waals surface area contributed by atoms with Gasteiger partial charge in [0.15, 0.2) is 0 Å². The molecule has 1 unspecified atom stereocenters. The Balaban J connectivity index is 1.64. The molecule has 0 spiro atoms. The topological polar surface area (TPSA) is 9.23 Å². The maximum Gasteiger partial charge on any atom is 0.144 e. The van der Waals surface area contributed by atoms with Crippen LogP contribution < -0.4 is 0 Å². The number of hydrogen-bond acceptors (Lipinski definition) is 1. The van der Waals surface area contributed by atoms with Gasteiger partial charge in [-0.05, 0) is 42.5 Å². The Bertz CT molecular complexity index is 1400. The highest BCUT2D eigenvalue weighted by molar-refractivity contribution is 5.54. The second-order valence-electron chi connectivity index (χ2n) is 7.25. The van der Waals surface area contributed by atoms with Crippen molar-refractivity contribution in [2.45, 2.75) is 6.10 Å². The average molecular weight is 423 g/mol. The van der Waals surface area contributed by atoms with Crippen LogP contribution in [0, 0.1) is 35.5 Å². The lowest BCUT2D eigenvalue weighted by atomic mass is 10.0. The maximum atomic E-state index is 5.74. The largest absolute Gasteiger partial charge is 0.364 e. The summed E-state index contributed by atoms with van der Waals surface area (Å²) in [6.45, 7) is 0. The van der Waals surface area contributed by atoms with Crippen LogP contribution in [0.1, 0.15) is 39.5 Å². The van der Waals surface area contributed by atoms with E-state index in [0.29, 0.717) is 0 Å². The monoisotopic (exact) mass is 422 g/mol. The van der Waals surface area contributed by atoms with Crippen molar-refractivity contribution in [3.63, 3.8) is 0 Å². The molecule has 4 aromatic carbocycles. The molecule has 0 aliphatic rings. The van der Waals surface area contributed by atoms with Crippen molar-refractivity contribution in [3.05, 3.63) is 143 Å². The molecular formula is C32H22O. The fraction of sp³-hybridized carbons (Fsp3) is 0.0625. The van der Waals surface area contributed by atoms with Gasteiger partial charge in [-0.3, -0.25) is 0 Å². The summed E-state index contributed by atoms with van der Waals surface area (Å²) in [5, 5.41) is 0. The Kier molecular flexibility index (Phi) is 7.40. The average Bonchev–Trinajstić information content (AvgIpc) is 2.89. The molecule has 0 amide bonds. The van der Waals surface area contributed by atoms with Crippen molar-refractivity contribution in [1.82, 2.24) is 0 Å². The molecular weight excluding hydrogens is 400 g/mol. The number of methoxy groups -OCH3 is 1. The van der Waals surface area contributed by atoms with E-state index in [1.54, 1.807) is 7.11 Å². The predicted octanol–water partition coefficient (Wildman–Crippen LogP) is 6.23. The van der Waals surface area contributed by atoms with Crippen LogP contribution in [-0.4, -0.2) is 7.11 Å². The second kappa shape index (κ2) is 11.2. The molecule has 33 heavy (non-hydrogen) atoms. The zero-order valence-electron chi connectivity index (χ0n) is 18.4. The van der Waals surface area contributed by atoms with Crippen LogP contribution in [0.3, 0.4) is 0 Å². The normalized spacial score (nSPS) is 10.5. The molecule has 0 heterocycles. The first-order valence-electron chi connectivity index (χ1n) is 10.7. The van der Waals surface area contributed by atoms with Gasteiger partial charge in [-0.25, -0.2) is 0 Å². The molecule has 1 heteroatoms. The van der Waals surface area contributed by atoms with E-state index in [2.05, 4.69) is 35.5 Å². The van der Waals surface area contributed by atoms with E-state index < -0.39 is 6.10 Å². The van der Waals surface area contributed by atoms with Crippen molar-refractivity contribution < 1.29 is 4.74 Å². The quantitative estimate of drug-likeness (QED) is 0.348. The number of benzene rings is 4. The van der Waals surface area contributed by atoms with E-state index in [9.17, 15) is 0 Å². The van der Waals surface area contributed by atoms with E-state index in [4.69, 9.17) is 4.74 Å². The molecule has 4 aromatic rings. The number of rotatable bonds is 2. The SMILES string of the molecule is COC(C#Cc1ccccc1C#Cc1ccccc1)c1ccccc1C#Cc1ccccc1. The van der Waals surface area contributed by atoms with Crippen molar-refractivity contribution in [2.75, 3.05) is 7.11 Å². The van der Waals surface area contributed by atoms with Gasteiger partial charge in [0, 0.05) is 40.5 Å². The Morgan fingerprint density at radius 3 is 1.52 bits per heavy atom. The lowest BCUT2D eigenvalue weighted by Crippen LogP contribution is -2.01. The molecule has 0 aromatic heterocycles. The summed E-state index contributed by atoms with van der Waals surface area (Å²) in [6, 6.07) is 35.8. The van der Waals surface area contributed by atoms with Crippen LogP contribution in [0.5, 0.6) is 0 Å². The minimum Gasteiger partial charge on any atom is -0.364 e. The van der Waals surface area contributed by atoms with Gasteiger partial charge in [0.2, 0.25) is 0 Å². The second-order valence-corrected chi connectivity index (χ2v) is 7.25. The highest BCUT2D eigenvalue weighted by Gasteiger charge is 2.11. The molecule has 1 atom stereocenters. The van der Waals surface area contributed by atoms with Gasteiger partial charge < -0.3 is 4.74 Å². The molecule has 156 valence electrons. The molecule has 0 fully saturated rings. The van der Waals surface area contributed by atoms with Crippen molar-refractivity contribution in [2.24, 2.45) is 0 Å². The van der Waals surface area contributed by atoms with Crippen molar-refractivity contribution in [3.8, 4) is 35.5 Å². The minimum atomic E-state index is -0.401.